The summed E-state index contributed by atoms with van der Waals surface area (Å²) < 4.78 is 12.9. The van der Waals surface area contributed by atoms with Crippen molar-refractivity contribution in [3.8, 4) is 28.3 Å². The van der Waals surface area contributed by atoms with Crippen molar-refractivity contribution in [3.05, 3.63) is 164 Å². The van der Waals surface area contributed by atoms with Gasteiger partial charge in [0.1, 0.15) is 16.8 Å². The van der Waals surface area contributed by atoms with Crippen LogP contribution in [-0.4, -0.2) is 14.1 Å². The van der Waals surface area contributed by atoms with Crippen molar-refractivity contribution in [3.63, 3.8) is 0 Å². The van der Waals surface area contributed by atoms with Gasteiger partial charge in [-0.3, -0.25) is 13.7 Å². The number of nitrogens with zero attached hydrogens (tertiary/aromatic N) is 4. The van der Waals surface area contributed by atoms with Gasteiger partial charge in [0, 0.05) is 32.8 Å². The highest BCUT2D eigenvalue weighted by molar-refractivity contribution is 6.16. The molecule has 0 bridgehead atoms. The molecule has 0 aliphatic carbocycles. The molecule has 4 heterocycles. The van der Waals surface area contributed by atoms with Gasteiger partial charge in [-0.2, -0.15) is 0 Å². The number of rotatable bonds is 4. The number of hydrogen-bond donors (Lipinski definition) is 0. The molecular formula is C42H26N4O. The van der Waals surface area contributed by atoms with Crippen LogP contribution >= 0.6 is 0 Å². The lowest BCUT2D eigenvalue weighted by Crippen LogP contribution is -2.30. The zero-order valence-electron chi connectivity index (χ0n) is 25.2. The number of hydrogen-bond acceptors (Lipinski definition) is 2. The maximum Gasteiger partial charge on any atom is 0.269 e. The van der Waals surface area contributed by atoms with E-state index in [4.69, 9.17) is 9.40 Å². The fourth-order valence-electron chi connectivity index (χ4n) is 6.99. The molecule has 5 heteroatoms. The van der Waals surface area contributed by atoms with E-state index in [1.54, 1.807) is 0 Å². The SMILES string of the molecule is [c-]1n(-c2ccccc2)c2ccccc2[n+]1-c1ccccc1-c1ccc2c3cc4oc5ccccc5c4cc3n(-c3ccccc3)c2n1. The summed E-state index contributed by atoms with van der Waals surface area (Å²) in [5.41, 5.74) is 11.0. The molecule has 0 N–H and O–H groups in total. The Morgan fingerprint density at radius 3 is 2.13 bits per heavy atom. The van der Waals surface area contributed by atoms with Crippen molar-refractivity contribution in [2.24, 2.45) is 0 Å². The molecule has 4 aromatic heterocycles. The second-order valence-corrected chi connectivity index (χ2v) is 11.8. The molecular weight excluding hydrogens is 576 g/mol. The number of fused-ring (bicyclic) bond motifs is 7. The van der Waals surface area contributed by atoms with Crippen LogP contribution in [0, 0.1) is 6.33 Å². The summed E-state index contributed by atoms with van der Waals surface area (Å²) in [6.07, 6.45) is 3.65. The summed E-state index contributed by atoms with van der Waals surface area (Å²) >= 11 is 0. The average molecular weight is 603 g/mol. The molecule has 0 saturated carbocycles. The summed E-state index contributed by atoms with van der Waals surface area (Å²) in [4.78, 5) is 5.43. The molecule has 0 fully saturated rings. The highest BCUT2D eigenvalue weighted by Crippen LogP contribution is 2.38. The van der Waals surface area contributed by atoms with Gasteiger partial charge in [0.05, 0.1) is 33.6 Å². The molecule has 0 spiro atoms. The highest BCUT2D eigenvalue weighted by Gasteiger charge is 2.20. The van der Waals surface area contributed by atoms with Gasteiger partial charge in [-0.15, -0.1) is 0 Å². The molecule has 0 saturated heterocycles. The van der Waals surface area contributed by atoms with E-state index in [9.17, 15) is 0 Å². The van der Waals surface area contributed by atoms with Crippen LogP contribution in [0.25, 0.3) is 83.2 Å². The first-order chi connectivity index (χ1) is 23.3. The minimum atomic E-state index is 0.877. The summed E-state index contributed by atoms with van der Waals surface area (Å²) in [6, 6.07) is 54.7. The maximum atomic E-state index is 6.31. The second-order valence-electron chi connectivity index (χ2n) is 11.8. The van der Waals surface area contributed by atoms with Crippen molar-refractivity contribution in [1.82, 2.24) is 14.1 Å². The Morgan fingerprint density at radius 1 is 0.532 bits per heavy atom. The quantitative estimate of drug-likeness (QED) is 0.149. The Balaban J connectivity index is 1.23. The van der Waals surface area contributed by atoms with Crippen LogP contribution < -0.4 is 4.57 Å². The van der Waals surface area contributed by atoms with Crippen molar-refractivity contribution in [1.29, 1.82) is 0 Å². The summed E-state index contributed by atoms with van der Waals surface area (Å²) in [6.45, 7) is 0. The van der Waals surface area contributed by atoms with Crippen molar-refractivity contribution in [2.75, 3.05) is 0 Å². The van der Waals surface area contributed by atoms with Crippen molar-refractivity contribution in [2.45, 2.75) is 0 Å². The largest absolute Gasteiger partial charge is 0.456 e. The molecule has 0 amide bonds. The number of para-hydroxylation sites is 6. The van der Waals surface area contributed by atoms with Crippen molar-refractivity contribution < 1.29 is 8.98 Å². The first-order valence-electron chi connectivity index (χ1n) is 15.7. The number of benzene rings is 6. The standard InChI is InChI=1S/C42H26N4O/c1-3-13-28(14-4-1)44-27-45(38-21-11-10-20-37(38)44)36-19-9-7-18-32(36)35-24-23-31-33-26-41-34(30-17-8-12-22-40(30)47-41)25-39(33)46(42(31)43-35)29-15-5-2-6-16-29/h1-26H. The third-order valence-corrected chi connectivity index (χ3v) is 9.13. The van der Waals surface area contributed by atoms with E-state index < -0.39 is 0 Å². The van der Waals surface area contributed by atoms with E-state index in [1.165, 1.54) is 0 Å². The van der Waals surface area contributed by atoms with Gasteiger partial charge < -0.3 is 4.42 Å². The van der Waals surface area contributed by atoms with Crippen molar-refractivity contribution >= 4 is 54.9 Å². The molecule has 47 heavy (non-hydrogen) atoms. The first-order valence-corrected chi connectivity index (χ1v) is 15.7. The number of imidazole rings is 1. The van der Waals surface area contributed by atoms with Crippen LogP contribution in [0.3, 0.4) is 0 Å². The minimum Gasteiger partial charge on any atom is -0.456 e. The Hall–Kier alpha value is -6.46. The molecule has 0 aliphatic rings. The Kier molecular flexibility index (Phi) is 5.51. The minimum absolute atomic E-state index is 0.877. The second kappa shape index (κ2) is 10.0. The molecule has 6 aromatic carbocycles. The van der Waals surface area contributed by atoms with E-state index in [1.807, 2.05) is 24.3 Å². The monoisotopic (exact) mass is 602 g/mol. The normalized spacial score (nSPS) is 11.8. The van der Waals surface area contributed by atoms with Crippen LogP contribution in [0.5, 0.6) is 0 Å². The van der Waals surface area contributed by atoms with Crippen LogP contribution in [0.15, 0.2) is 162 Å². The zero-order chi connectivity index (χ0) is 30.9. The van der Waals surface area contributed by atoms with Gasteiger partial charge in [-0.05, 0) is 60.7 Å². The molecule has 10 aromatic rings. The molecule has 10 rings (SSSR count). The van der Waals surface area contributed by atoms with E-state index in [2.05, 4.69) is 153 Å². The summed E-state index contributed by atoms with van der Waals surface area (Å²) in [7, 11) is 0. The van der Waals surface area contributed by atoms with Crippen LogP contribution in [0.4, 0.5) is 0 Å². The maximum absolute atomic E-state index is 6.31. The predicted molar refractivity (Wildman–Crippen MR) is 188 cm³/mol. The molecule has 0 atom stereocenters. The predicted octanol–water partition coefficient (Wildman–Crippen LogP) is 9.77. The third-order valence-electron chi connectivity index (χ3n) is 9.13. The Morgan fingerprint density at radius 2 is 1.26 bits per heavy atom. The molecule has 5 nitrogen and oxygen atoms in total. The topological polar surface area (TPSA) is 39.8 Å². The summed E-state index contributed by atoms with van der Waals surface area (Å²) in [5, 5.41) is 4.39. The van der Waals surface area contributed by atoms with E-state index in [0.717, 1.165) is 83.2 Å². The number of pyridine rings is 1. The first kappa shape index (κ1) is 25.8. The van der Waals surface area contributed by atoms with Crippen LogP contribution in [-0.2, 0) is 0 Å². The molecule has 0 aliphatic heterocycles. The fraction of sp³-hybridized carbons (Fsp3) is 0. The number of furan rings is 1. The third kappa shape index (κ3) is 3.90. The van der Waals surface area contributed by atoms with Gasteiger partial charge in [-0.25, -0.2) is 4.98 Å². The average Bonchev–Trinajstić information content (AvgIpc) is 3.80. The molecule has 0 unspecified atom stereocenters. The fourth-order valence-corrected chi connectivity index (χ4v) is 6.99. The van der Waals surface area contributed by atoms with Gasteiger partial charge in [-0.1, -0.05) is 97.1 Å². The smallest absolute Gasteiger partial charge is 0.269 e. The molecule has 220 valence electrons. The van der Waals surface area contributed by atoms with Crippen LogP contribution in [0.2, 0.25) is 0 Å². The lowest BCUT2D eigenvalue weighted by molar-refractivity contribution is -0.571. The van der Waals surface area contributed by atoms with E-state index >= 15 is 0 Å². The lowest BCUT2D eigenvalue weighted by Gasteiger charge is -2.12. The highest BCUT2D eigenvalue weighted by atomic mass is 16.3. The lowest BCUT2D eigenvalue weighted by atomic mass is 10.1. The van der Waals surface area contributed by atoms with Gasteiger partial charge in [0.15, 0.2) is 0 Å². The van der Waals surface area contributed by atoms with Crippen LogP contribution in [0.1, 0.15) is 0 Å². The van der Waals surface area contributed by atoms with Gasteiger partial charge in [0.2, 0.25) is 0 Å². The summed E-state index contributed by atoms with van der Waals surface area (Å²) in [5.74, 6) is 0. The van der Waals surface area contributed by atoms with E-state index in [0.29, 0.717) is 0 Å². The Labute approximate surface area is 269 Å². The number of aromatic nitrogens is 4. The molecule has 0 radical (unpaired) electrons. The van der Waals surface area contributed by atoms with E-state index in [-0.39, 0.29) is 0 Å². The van der Waals surface area contributed by atoms with Gasteiger partial charge >= 0.3 is 0 Å². The van der Waals surface area contributed by atoms with Gasteiger partial charge in [0.25, 0.3) is 6.33 Å². The Bertz CT molecular complexity index is 2790. The zero-order valence-corrected chi connectivity index (χ0v) is 25.2.